The molecule has 0 aliphatic heterocycles. The number of nitrogens with two attached hydrogens (primary N) is 1. The van der Waals surface area contributed by atoms with E-state index < -0.39 is 0 Å². The Kier molecular flexibility index (Phi) is 3.46. The van der Waals surface area contributed by atoms with Crippen LogP contribution in [0.25, 0.3) is 10.9 Å². The van der Waals surface area contributed by atoms with E-state index in [-0.39, 0.29) is 0 Å². The Morgan fingerprint density at radius 2 is 1.94 bits per heavy atom. The van der Waals surface area contributed by atoms with Gasteiger partial charge in [0.05, 0.1) is 16.9 Å². The second-order valence-electron chi connectivity index (χ2n) is 4.75. The molecule has 0 atom stereocenters. The molecule has 0 saturated carbocycles. The van der Waals surface area contributed by atoms with Crippen molar-refractivity contribution < 1.29 is 0 Å². The summed E-state index contributed by atoms with van der Waals surface area (Å²) in [5.74, 6) is 0. The minimum Gasteiger partial charge on any atom is -0.377 e. The van der Waals surface area contributed by atoms with Gasteiger partial charge >= 0.3 is 0 Å². The lowest BCUT2D eigenvalue weighted by Gasteiger charge is -2.21. The summed E-state index contributed by atoms with van der Waals surface area (Å²) in [6.07, 6.45) is 0. The highest BCUT2D eigenvalue weighted by atomic mass is 35.5. The van der Waals surface area contributed by atoms with E-state index in [9.17, 15) is 0 Å². The average Bonchev–Trinajstić information content (AvgIpc) is 2.27. The van der Waals surface area contributed by atoms with Crippen LogP contribution in [0.4, 0.5) is 5.69 Å². The molecule has 0 fully saturated rings. The second-order valence-corrected chi connectivity index (χ2v) is 5.19. The van der Waals surface area contributed by atoms with Crippen LogP contribution in [0.3, 0.4) is 0 Å². The van der Waals surface area contributed by atoms with Crippen LogP contribution >= 0.6 is 11.6 Å². The maximum absolute atomic E-state index is 6.16. The van der Waals surface area contributed by atoms with Crippen molar-refractivity contribution >= 4 is 28.2 Å². The maximum atomic E-state index is 6.16. The van der Waals surface area contributed by atoms with Crippen LogP contribution in [-0.2, 0) is 6.54 Å². The number of rotatable bonds is 2. The topological polar surface area (TPSA) is 42.1 Å². The Bertz CT molecular complexity index is 606. The number of halogens is 1. The van der Waals surface area contributed by atoms with E-state index >= 15 is 0 Å². The lowest BCUT2D eigenvalue weighted by Crippen LogP contribution is -2.14. The number of aromatic nitrogens is 1. The van der Waals surface area contributed by atoms with E-state index in [0.29, 0.717) is 6.54 Å². The molecule has 96 valence electrons. The third kappa shape index (κ3) is 2.04. The Balaban J connectivity index is 2.95. The molecule has 0 aliphatic carbocycles. The summed E-state index contributed by atoms with van der Waals surface area (Å²) in [7, 11) is 4.05. The van der Waals surface area contributed by atoms with Crippen LogP contribution in [0.5, 0.6) is 0 Å². The van der Waals surface area contributed by atoms with Gasteiger partial charge in [-0.2, -0.15) is 0 Å². The van der Waals surface area contributed by atoms with E-state index in [1.165, 1.54) is 0 Å². The molecule has 1 aromatic heterocycles. The van der Waals surface area contributed by atoms with Gasteiger partial charge in [-0.25, -0.2) is 0 Å². The summed E-state index contributed by atoms with van der Waals surface area (Å²) < 4.78 is 0. The molecule has 2 N–H and O–H groups in total. The molecule has 0 saturated heterocycles. The van der Waals surface area contributed by atoms with Crippen LogP contribution < -0.4 is 10.6 Å². The van der Waals surface area contributed by atoms with Gasteiger partial charge in [-0.15, -0.1) is 0 Å². The van der Waals surface area contributed by atoms with E-state index in [1.54, 1.807) is 0 Å². The minimum absolute atomic E-state index is 0.449. The number of benzene rings is 1. The summed E-state index contributed by atoms with van der Waals surface area (Å²) >= 11 is 6.16. The third-order valence-electron chi connectivity index (χ3n) is 3.20. The molecule has 2 aromatic rings. The molecule has 3 nitrogen and oxygen atoms in total. The fraction of sp³-hybridized carbons (Fsp3) is 0.357. The van der Waals surface area contributed by atoms with Crippen molar-refractivity contribution in [2.45, 2.75) is 20.4 Å². The zero-order valence-electron chi connectivity index (χ0n) is 11.2. The Morgan fingerprint density at radius 3 is 2.50 bits per heavy atom. The predicted octanol–water partition coefficient (Wildman–Crippen LogP) is 3.03. The molecule has 1 aromatic carbocycles. The number of fused-ring (bicyclic) bond motifs is 1. The molecule has 0 amide bonds. The van der Waals surface area contributed by atoms with Crippen molar-refractivity contribution in [3.05, 3.63) is 34.0 Å². The molecule has 1 heterocycles. The first kappa shape index (κ1) is 13.1. The van der Waals surface area contributed by atoms with Crippen molar-refractivity contribution in [1.29, 1.82) is 0 Å². The SMILES string of the molecule is Cc1c(CN)nc2c(C)cc(Cl)cc2c1N(C)C. The first-order valence-corrected chi connectivity index (χ1v) is 6.30. The monoisotopic (exact) mass is 263 g/mol. The van der Waals surface area contributed by atoms with E-state index in [2.05, 4.69) is 16.8 Å². The molecule has 0 radical (unpaired) electrons. The largest absolute Gasteiger partial charge is 0.377 e. The zero-order valence-corrected chi connectivity index (χ0v) is 12.0. The van der Waals surface area contributed by atoms with Gasteiger partial charge in [0.15, 0.2) is 0 Å². The predicted molar refractivity (Wildman–Crippen MR) is 78.4 cm³/mol. The number of hydrogen-bond donors (Lipinski definition) is 1. The van der Waals surface area contributed by atoms with Gasteiger partial charge in [0, 0.05) is 31.0 Å². The highest BCUT2D eigenvalue weighted by Gasteiger charge is 2.14. The molecule has 4 heteroatoms. The fourth-order valence-electron chi connectivity index (χ4n) is 2.40. The van der Waals surface area contributed by atoms with Gasteiger partial charge in [-0.1, -0.05) is 11.6 Å². The van der Waals surface area contributed by atoms with Gasteiger partial charge in [0.25, 0.3) is 0 Å². The van der Waals surface area contributed by atoms with Crippen molar-refractivity contribution in [2.75, 3.05) is 19.0 Å². The minimum atomic E-state index is 0.449. The normalized spacial score (nSPS) is 11.0. The van der Waals surface area contributed by atoms with Crippen LogP contribution in [0, 0.1) is 13.8 Å². The lowest BCUT2D eigenvalue weighted by molar-refractivity contribution is 0.973. The fourth-order valence-corrected chi connectivity index (χ4v) is 2.67. The standard InChI is InChI=1S/C14H18ClN3/c1-8-5-10(15)6-11-13(8)17-12(7-16)9(2)14(11)18(3)4/h5-6H,7,16H2,1-4H3. The van der Waals surface area contributed by atoms with E-state index in [0.717, 1.165) is 38.4 Å². The smallest absolute Gasteiger partial charge is 0.0757 e. The zero-order chi connectivity index (χ0) is 13.4. The molecule has 0 bridgehead atoms. The maximum Gasteiger partial charge on any atom is 0.0757 e. The van der Waals surface area contributed by atoms with Gasteiger partial charge < -0.3 is 10.6 Å². The number of pyridine rings is 1. The molecular formula is C14H18ClN3. The van der Waals surface area contributed by atoms with E-state index in [4.69, 9.17) is 17.3 Å². The van der Waals surface area contributed by atoms with Crippen LogP contribution in [0.1, 0.15) is 16.8 Å². The highest BCUT2D eigenvalue weighted by Crippen LogP contribution is 2.33. The number of hydrogen-bond acceptors (Lipinski definition) is 3. The number of aryl methyl sites for hydroxylation is 1. The first-order valence-electron chi connectivity index (χ1n) is 5.92. The second kappa shape index (κ2) is 4.75. The van der Waals surface area contributed by atoms with Crippen molar-refractivity contribution in [1.82, 2.24) is 4.98 Å². The molecular weight excluding hydrogens is 246 g/mol. The number of nitrogens with zero attached hydrogens (tertiary/aromatic N) is 2. The van der Waals surface area contributed by atoms with Crippen molar-refractivity contribution in [2.24, 2.45) is 5.73 Å². The molecule has 2 rings (SSSR count). The molecule has 0 aliphatic rings. The molecule has 18 heavy (non-hydrogen) atoms. The van der Waals surface area contributed by atoms with Crippen molar-refractivity contribution in [3.63, 3.8) is 0 Å². The molecule has 0 spiro atoms. The number of anilines is 1. The lowest BCUT2D eigenvalue weighted by atomic mass is 10.0. The van der Waals surface area contributed by atoms with Crippen molar-refractivity contribution in [3.8, 4) is 0 Å². The Morgan fingerprint density at radius 1 is 1.28 bits per heavy atom. The Hall–Kier alpha value is -1.32. The third-order valence-corrected chi connectivity index (χ3v) is 3.41. The van der Waals surface area contributed by atoms with Crippen LogP contribution in [0.2, 0.25) is 5.02 Å². The van der Waals surface area contributed by atoms with Gasteiger partial charge in [0.2, 0.25) is 0 Å². The summed E-state index contributed by atoms with van der Waals surface area (Å²) in [6, 6.07) is 3.91. The summed E-state index contributed by atoms with van der Waals surface area (Å²) in [6.45, 7) is 4.53. The summed E-state index contributed by atoms with van der Waals surface area (Å²) in [5.41, 5.74) is 11.1. The summed E-state index contributed by atoms with van der Waals surface area (Å²) in [5, 5.41) is 1.82. The van der Waals surface area contributed by atoms with Crippen LogP contribution in [-0.4, -0.2) is 19.1 Å². The molecule has 0 unspecified atom stereocenters. The Labute approximate surface area is 113 Å². The first-order chi connectivity index (χ1) is 8.45. The average molecular weight is 264 g/mol. The highest BCUT2D eigenvalue weighted by molar-refractivity contribution is 6.31. The van der Waals surface area contributed by atoms with Crippen LogP contribution in [0.15, 0.2) is 12.1 Å². The van der Waals surface area contributed by atoms with Gasteiger partial charge in [0.1, 0.15) is 0 Å². The quantitative estimate of drug-likeness (QED) is 0.906. The summed E-state index contributed by atoms with van der Waals surface area (Å²) in [4.78, 5) is 6.76. The van der Waals surface area contributed by atoms with Gasteiger partial charge in [-0.05, 0) is 37.1 Å². The van der Waals surface area contributed by atoms with E-state index in [1.807, 2.05) is 33.2 Å². The van der Waals surface area contributed by atoms with Gasteiger partial charge in [-0.3, -0.25) is 4.98 Å².